The van der Waals surface area contributed by atoms with Gasteiger partial charge in [-0.3, -0.25) is 9.69 Å². The fourth-order valence-electron chi connectivity index (χ4n) is 7.83. The number of fused-ring (bicyclic) bond motifs is 4. The lowest BCUT2D eigenvalue weighted by atomic mass is 9.98. The Morgan fingerprint density at radius 2 is 1.54 bits per heavy atom. The average Bonchev–Trinajstić information content (AvgIpc) is 3.88. The predicted molar refractivity (Wildman–Crippen MR) is 234 cm³/mol. The summed E-state index contributed by atoms with van der Waals surface area (Å²) in [5.74, 6) is 0.0781. The molecular weight excluding hydrogens is 741 g/mol. The van der Waals surface area contributed by atoms with Crippen molar-refractivity contribution in [2.24, 2.45) is 5.73 Å². The molecule has 7 rings (SSSR count). The van der Waals surface area contributed by atoms with Crippen molar-refractivity contribution >= 4 is 24.6 Å². The van der Waals surface area contributed by atoms with Crippen molar-refractivity contribution in [1.82, 2.24) is 25.8 Å². The van der Waals surface area contributed by atoms with Crippen LogP contribution in [0.4, 0.5) is 4.79 Å². The highest BCUT2D eigenvalue weighted by atomic mass is 16.5. The first-order chi connectivity index (χ1) is 28.8. The zero-order valence-corrected chi connectivity index (χ0v) is 34.8. The summed E-state index contributed by atoms with van der Waals surface area (Å²) >= 11 is 0. The number of carbonyl (C=O) groups excluding carboxylic acids is 4. The normalized spacial score (nSPS) is 14.7. The van der Waals surface area contributed by atoms with Gasteiger partial charge in [0, 0.05) is 64.7 Å². The molecule has 0 saturated carbocycles. The van der Waals surface area contributed by atoms with Gasteiger partial charge in [-0.15, -0.1) is 0 Å². The Kier molecular flexibility index (Phi) is 18.3. The summed E-state index contributed by atoms with van der Waals surface area (Å²) in [6.07, 6.45) is 6.16. The molecule has 314 valence electrons. The molecule has 0 aromatic heterocycles. The number of likely N-dealkylation sites (N-methyl/N-ethyl adjacent to an activating group) is 1. The molecule has 11 heteroatoms. The van der Waals surface area contributed by atoms with E-state index in [0.29, 0.717) is 45.6 Å². The number of nitrogens with zero attached hydrogens (tertiary/aromatic N) is 2. The minimum Gasteiger partial charge on any atom is -0.449 e. The van der Waals surface area contributed by atoms with E-state index in [9.17, 15) is 19.2 Å². The molecule has 11 nitrogen and oxygen atoms in total. The van der Waals surface area contributed by atoms with Gasteiger partial charge < -0.3 is 40.9 Å². The van der Waals surface area contributed by atoms with E-state index in [2.05, 4.69) is 94.5 Å². The third kappa shape index (κ3) is 13.4. The molecule has 5 N–H and O–H groups in total. The van der Waals surface area contributed by atoms with Crippen molar-refractivity contribution in [2.75, 3.05) is 52.9 Å². The van der Waals surface area contributed by atoms with Gasteiger partial charge in [0.05, 0.1) is 12.6 Å². The van der Waals surface area contributed by atoms with Crippen LogP contribution in [-0.2, 0) is 45.2 Å². The summed E-state index contributed by atoms with van der Waals surface area (Å²) in [6.45, 7) is 9.30. The van der Waals surface area contributed by atoms with E-state index < -0.39 is 12.1 Å². The van der Waals surface area contributed by atoms with Gasteiger partial charge >= 0.3 is 6.09 Å². The van der Waals surface area contributed by atoms with Gasteiger partial charge in [-0.2, -0.15) is 0 Å². The lowest BCUT2D eigenvalue weighted by Gasteiger charge is -2.36. The number of amides is 2. The van der Waals surface area contributed by atoms with Crippen molar-refractivity contribution in [3.8, 4) is 11.1 Å². The summed E-state index contributed by atoms with van der Waals surface area (Å²) in [7, 11) is 1.73. The number of rotatable bonds is 16. The molecule has 4 aromatic rings. The topological polar surface area (TPSA) is 146 Å². The van der Waals surface area contributed by atoms with Crippen molar-refractivity contribution in [2.45, 2.75) is 77.0 Å². The number of aryl methyl sites for hydroxylation is 2. The van der Waals surface area contributed by atoms with Crippen molar-refractivity contribution < 1.29 is 23.9 Å². The van der Waals surface area contributed by atoms with E-state index in [0.717, 1.165) is 71.0 Å². The van der Waals surface area contributed by atoms with Crippen LogP contribution in [0, 0.1) is 6.92 Å². The number of nitrogens with one attached hydrogen (secondary N) is 3. The van der Waals surface area contributed by atoms with Crippen molar-refractivity contribution in [1.29, 1.82) is 0 Å². The fraction of sp³-hybridized carbons (Fsp3) is 0.417. The Hall–Kier alpha value is -5.20. The first kappa shape index (κ1) is 44.9. The molecule has 2 aliphatic heterocycles. The average molecular weight is 803 g/mol. The fourth-order valence-corrected chi connectivity index (χ4v) is 7.83. The highest BCUT2D eigenvalue weighted by Crippen LogP contribution is 2.44. The molecule has 1 unspecified atom stereocenters. The molecule has 0 bridgehead atoms. The zero-order chi connectivity index (χ0) is 41.8. The zero-order valence-electron chi connectivity index (χ0n) is 34.8. The summed E-state index contributed by atoms with van der Waals surface area (Å²) in [5.41, 5.74) is 17.9. The molecule has 1 fully saturated rings. The summed E-state index contributed by atoms with van der Waals surface area (Å²) in [6, 6.07) is 31.1. The Bertz CT molecular complexity index is 1900. The standard InChI is InChI=1S/C34H41N5O3.C11H14O.C3H7NO/c35-32(33(40)39-18-16-38(17-19-39)22-25-9-7-8-24-20-36-21-30(24)25)14-5-6-15-37-34(41)42-23-31-28-12-3-1-10-26(28)27-11-2-4-13-29(27)31;1-10-5-7-11(8-6-10)4-2-3-9-12;1-4-2-3-5/h1-4,7-13,31-32,36H,5-6,14-23,35H2,(H,37,41);5-9H,2-4H2,1H3;3-4H,2H2,1H3. The SMILES string of the molecule is CNCC=O.Cc1ccc(CCCC=O)cc1.NC(CCCCNC(=O)OCC1c2ccccc2-c2ccccc21)C(=O)N1CCN(Cc2cccc3c2CNC3)CC1. The maximum atomic E-state index is 13.0. The minimum atomic E-state index is -0.505. The number of unbranched alkanes of at least 4 members (excludes halogenated alkanes) is 2. The molecule has 1 aliphatic carbocycles. The number of benzene rings is 4. The molecule has 1 saturated heterocycles. The van der Waals surface area contributed by atoms with Gasteiger partial charge in [0.2, 0.25) is 5.91 Å². The van der Waals surface area contributed by atoms with Crippen molar-refractivity contribution in [3.63, 3.8) is 0 Å². The van der Waals surface area contributed by atoms with Crippen LogP contribution in [0.25, 0.3) is 11.1 Å². The first-order valence-electron chi connectivity index (χ1n) is 21.1. The van der Waals surface area contributed by atoms with E-state index in [-0.39, 0.29) is 11.8 Å². The van der Waals surface area contributed by atoms with Crippen LogP contribution in [0.3, 0.4) is 0 Å². The Labute approximate surface area is 350 Å². The number of nitrogens with two attached hydrogens (primary N) is 1. The molecule has 0 spiro atoms. The Balaban J connectivity index is 0.000000325. The number of piperazine rings is 1. The Morgan fingerprint density at radius 1 is 0.847 bits per heavy atom. The quantitative estimate of drug-likeness (QED) is 0.0805. The van der Waals surface area contributed by atoms with Gasteiger partial charge in [-0.05, 0) is 90.6 Å². The second-order valence-corrected chi connectivity index (χ2v) is 15.4. The van der Waals surface area contributed by atoms with Crippen LogP contribution < -0.4 is 21.7 Å². The first-order valence-corrected chi connectivity index (χ1v) is 21.1. The van der Waals surface area contributed by atoms with Gasteiger partial charge in [0.1, 0.15) is 19.2 Å². The monoisotopic (exact) mass is 802 g/mol. The number of alkyl carbamates (subject to hydrolysis) is 1. The number of ether oxygens (including phenoxy) is 1. The van der Waals surface area contributed by atoms with Crippen LogP contribution in [0.2, 0.25) is 0 Å². The maximum absolute atomic E-state index is 13.0. The van der Waals surface area contributed by atoms with Crippen LogP contribution in [-0.4, -0.2) is 93.3 Å². The number of hydrogen-bond acceptors (Lipinski definition) is 9. The van der Waals surface area contributed by atoms with Gasteiger partial charge in [0.25, 0.3) is 0 Å². The Morgan fingerprint density at radius 3 is 2.19 bits per heavy atom. The van der Waals surface area contributed by atoms with Gasteiger partial charge in [0.15, 0.2) is 0 Å². The largest absolute Gasteiger partial charge is 0.449 e. The molecule has 2 heterocycles. The lowest BCUT2D eigenvalue weighted by Crippen LogP contribution is -2.52. The molecule has 2 amide bonds. The van der Waals surface area contributed by atoms with E-state index >= 15 is 0 Å². The van der Waals surface area contributed by atoms with Crippen LogP contribution in [0.5, 0.6) is 0 Å². The number of aldehydes is 2. The van der Waals surface area contributed by atoms with E-state index in [1.165, 1.54) is 50.1 Å². The second kappa shape index (κ2) is 24.0. The smallest absolute Gasteiger partial charge is 0.407 e. The third-order valence-corrected chi connectivity index (χ3v) is 11.1. The van der Waals surface area contributed by atoms with E-state index in [1.807, 2.05) is 29.2 Å². The molecule has 1 atom stereocenters. The molecule has 4 aromatic carbocycles. The molecule has 59 heavy (non-hydrogen) atoms. The third-order valence-electron chi connectivity index (χ3n) is 11.1. The summed E-state index contributed by atoms with van der Waals surface area (Å²) in [4.78, 5) is 49.1. The molecule has 0 radical (unpaired) electrons. The number of carbonyl (C=O) groups is 4. The highest BCUT2D eigenvalue weighted by Gasteiger charge is 2.29. The van der Waals surface area contributed by atoms with Gasteiger partial charge in [-0.25, -0.2) is 4.79 Å². The summed E-state index contributed by atoms with van der Waals surface area (Å²) in [5, 5.41) is 8.94. The molecular formula is C48H62N6O5. The van der Waals surface area contributed by atoms with Gasteiger partial charge in [-0.1, -0.05) is 96.6 Å². The van der Waals surface area contributed by atoms with Crippen molar-refractivity contribution in [3.05, 3.63) is 130 Å². The predicted octanol–water partition coefficient (Wildman–Crippen LogP) is 5.89. The second-order valence-electron chi connectivity index (χ2n) is 15.4. The lowest BCUT2D eigenvalue weighted by molar-refractivity contribution is -0.134. The summed E-state index contributed by atoms with van der Waals surface area (Å²) < 4.78 is 5.61. The number of hydrogen-bond donors (Lipinski definition) is 4. The highest BCUT2D eigenvalue weighted by molar-refractivity contribution is 5.82. The van der Waals surface area contributed by atoms with E-state index in [4.69, 9.17) is 10.5 Å². The minimum absolute atomic E-state index is 0.0314. The van der Waals surface area contributed by atoms with Crippen LogP contribution in [0.1, 0.15) is 77.0 Å². The van der Waals surface area contributed by atoms with E-state index in [1.54, 1.807) is 7.05 Å². The van der Waals surface area contributed by atoms with Crippen LogP contribution >= 0.6 is 0 Å². The maximum Gasteiger partial charge on any atom is 0.407 e. The van der Waals surface area contributed by atoms with Crippen LogP contribution in [0.15, 0.2) is 91.0 Å². The molecule has 3 aliphatic rings.